The van der Waals surface area contributed by atoms with Crippen LogP contribution < -0.4 is 20.9 Å². The highest BCUT2D eigenvalue weighted by molar-refractivity contribution is 7.92. The Bertz CT molecular complexity index is 1040. The number of anilines is 2. The second-order valence-corrected chi connectivity index (χ2v) is 11.7. The van der Waals surface area contributed by atoms with Gasteiger partial charge in [0.15, 0.2) is 19.7 Å². The van der Waals surface area contributed by atoms with Gasteiger partial charge in [0.1, 0.15) is 0 Å². The van der Waals surface area contributed by atoms with Gasteiger partial charge in [-0.3, -0.25) is 4.90 Å². The van der Waals surface area contributed by atoms with Crippen molar-refractivity contribution >= 4 is 43.1 Å². The summed E-state index contributed by atoms with van der Waals surface area (Å²) in [5.41, 5.74) is 0.722. The molecule has 0 bridgehead atoms. The fraction of sp³-hybridized carbons (Fsp3) is 0.500. The molecular formula is C16H20N4O6S2. The molecule has 4 amide bonds. The molecule has 3 N–H and O–H groups in total. The lowest BCUT2D eigenvalue weighted by Gasteiger charge is -2.24. The number of para-hydroxylation sites is 2. The third kappa shape index (κ3) is 3.65. The lowest BCUT2D eigenvalue weighted by atomic mass is 10.1. The summed E-state index contributed by atoms with van der Waals surface area (Å²) >= 11 is 0. The summed E-state index contributed by atoms with van der Waals surface area (Å²) in [6.07, 6.45) is 0.355. The van der Waals surface area contributed by atoms with E-state index in [4.69, 9.17) is 0 Å². The third-order valence-electron chi connectivity index (χ3n) is 5.16. The molecule has 0 aliphatic carbocycles. The van der Waals surface area contributed by atoms with Gasteiger partial charge in [0.2, 0.25) is 0 Å². The first kappa shape index (κ1) is 19.0. The van der Waals surface area contributed by atoms with Crippen LogP contribution in [0.4, 0.5) is 21.0 Å². The van der Waals surface area contributed by atoms with E-state index in [0.29, 0.717) is 17.8 Å². The van der Waals surface area contributed by atoms with Crippen molar-refractivity contribution in [1.82, 2.24) is 10.6 Å². The van der Waals surface area contributed by atoms with Crippen molar-refractivity contribution in [1.29, 1.82) is 0 Å². The van der Waals surface area contributed by atoms with Crippen LogP contribution in [0.1, 0.15) is 6.42 Å². The first-order valence-corrected chi connectivity index (χ1v) is 12.4. The van der Waals surface area contributed by atoms with Gasteiger partial charge in [-0.2, -0.15) is 0 Å². The standard InChI is InChI=1S/C16H20N4O6S2/c21-15(17-10-5-6-27(23,24)7-10)18-11-3-1-2-4-13(11)20-14-9-28(25,26)8-12(14)19-16(20)22/h1-4,10,12,14H,5-9H2,(H,19,22)(H2,17,18,21)/t10-,12+,14+/m0/s1. The Labute approximate surface area is 162 Å². The van der Waals surface area contributed by atoms with Gasteiger partial charge in [-0.05, 0) is 18.6 Å². The number of sulfone groups is 2. The van der Waals surface area contributed by atoms with Gasteiger partial charge in [-0.25, -0.2) is 26.4 Å². The minimum atomic E-state index is -3.25. The number of fused-ring (bicyclic) bond motifs is 1. The van der Waals surface area contributed by atoms with Crippen molar-refractivity contribution in [3.8, 4) is 0 Å². The molecule has 0 radical (unpaired) electrons. The summed E-state index contributed by atoms with van der Waals surface area (Å²) in [5.74, 6) is -0.304. The highest BCUT2D eigenvalue weighted by Gasteiger charge is 2.49. The number of urea groups is 2. The normalized spacial score (nSPS) is 29.9. The first-order valence-electron chi connectivity index (χ1n) is 8.81. The average molecular weight is 428 g/mol. The summed E-state index contributed by atoms with van der Waals surface area (Å²) < 4.78 is 46.9. The maximum absolute atomic E-state index is 12.4. The summed E-state index contributed by atoms with van der Waals surface area (Å²) in [4.78, 5) is 26.1. The molecule has 0 unspecified atom stereocenters. The molecule has 0 saturated carbocycles. The number of carbonyl (C=O) groups excluding carboxylic acids is 2. The van der Waals surface area contributed by atoms with Gasteiger partial charge >= 0.3 is 12.1 Å². The molecule has 1 aromatic carbocycles. The van der Waals surface area contributed by atoms with Gasteiger partial charge < -0.3 is 16.0 Å². The minimum Gasteiger partial charge on any atom is -0.334 e. The van der Waals surface area contributed by atoms with Crippen LogP contribution in [0.25, 0.3) is 0 Å². The largest absolute Gasteiger partial charge is 0.334 e. The van der Waals surface area contributed by atoms with Crippen LogP contribution in [-0.4, -0.2) is 70.0 Å². The van der Waals surface area contributed by atoms with Gasteiger partial charge in [0.25, 0.3) is 0 Å². The Hall–Kier alpha value is -2.34. The number of nitrogens with zero attached hydrogens (tertiary/aromatic N) is 1. The molecule has 3 atom stereocenters. The Morgan fingerprint density at radius 3 is 2.54 bits per heavy atom. The zero-order chi connectivity index (χ0) is 20.1. The van der Waals surface area contributed by atoms with E-state index < -0.39 is 49.9 Å². The van der Waals surface area contributed by atoms with Crippen LogP contribution in [0.15, 0.2) is 24.3 Å². The third-order valence-corrected chi connectivity index (χ3v) is 8.65. The molecule has 0 aromatic heterocycles. The van der Waals surface area contributed by atoms with Crippen molar-refractivity contribution in [3.05, 3.63) is 24.3 Å². The maximum atomic E-state index is 12.4. The molecule has 28 heavy (non-hydrogen) atoms. The van der Waals surface area contributed by atoms with E-state index in [0.717, 1.165) is 0 Å². The molecule has 4 rings (SSSR count). The number of amides is 4. The lowest BCUT2D eigenvalue weighted by Crippen LogP contribution is -2.40. The number of benzene rings is 1. The predicted octanol–water partition coefficient (Wildman–Crippen LogP) is -0.310. The predicted molar refractivity (Wildman–Crippen MR) is 103 cm³/mol. The molecule has 3 saturated heterocycles. The smallest absolute Gasteiger partial charge is 0.322 e. The zero-order valence-corrected chi connectivity index (χ0v) is 16.4. The second-order valence-electron chi connectivity index (χ2n) is 7.29. The van der Waals surface area contributed by atoms with Crippen LogP contribution in [0, 0.1) is 0 Å². The molecule has 3 aliphatic rings. The zero-order valence-electron chi connectivity index (χ0n) is 14.8. The van der Waals surface area contributed by atoms with Gasteiger partial charge in [0.05, 0.1) is 46.5 Å². The lowest BCUT2D eigenvalue weighted by molar-refractivity contribution is 0.248. The van der Waals surface area contributed by atoms with E-state index >= 15 is 0 Å². The summed E-state index contributed by atoms with van der Waals surface area (Å²) in [5, 5.41) is 7.96. The summed E-state index contributed by atoms with van der Waals surface area (Å²) in [7, 11) is -6.37. The Morgan fingerprint density at radius 2 is 1.82 bits per heavy atom. The Morgan fingerprint density at radius 1 is 1.07 bits per heavy atom. The quantitative estimate of drug-likeness (QED) is 0.564. The maximum Gasteiger partial charge on any atom is 0.322 e. The molecule has 3 aliphatic heterocycles. The van der Waals surface area contributed by atoms with Crippen molar-refractivity contribution in [2.45, 2.75) is 24.5 Å². The van der Waals surface area contributed by atoms with Gasteiger partial charge in [-0.1, -0.05) is 12.1 Å². The van der Waals surface area contributed by atoms with E-state index in [1.807, 2.05) is 0 Å². The monoisotopic (exact) mass is 428 g/mol. The molecular weight excluding hydrogens is 408 g/mol. The topological polar surface area (TPSA) is 142 Å². The Kier molecular flexibility index (Phi) is 4.49. The fourth-order valence-corrected chi connectivity index (χ4v) is 7.49. The van der Waals surface area contributed by atoms with E-state index in [-0.39, 0.29) is 23.0 Å². The van der Waals surface area contributed by atoms with Crippen LogP contribution >= 0.6 is 0 Å². The number of hydrogen-bond donors (Lipinski definition) is 3. The van der Waals surface area contributed by atoms with Crippen molar-refractivity contribution in [2.75, 3.05) is 33.2 Å². The SMILES string of the molecule is O=C(Nc1ccccc1N1C(=O)N[C@@H]2CS(=O)(=O)C[C@H]21)N[C@H]1CCS(=O)(=O)C1. The van der Waals surface area contributed by atoms with Gasteiger partial charge in [-0.15, -0.1) is 0 Å². The van der Waals surface area contributed by atoms with Crippen LogP contribution in [0.3, 0.4) is 0 Å². The summed E-state index contributed by atoms with van der Waals surface area (Å²) in [6, 6.07) is 4.11. The molecule has 0 spiro atoms. The minimum absolute atomic E-state index is 0.0417. The van der Waals surface area contributed by atoms with Crippen LogP contribution in [0.5, 0.6) is 0 Å². The molecule has 152 valence electrons. The van der Waals surface area contributed by atoms with Crippen LogP contribution in [0.2, 0.25) is 0 Å². The van der Waals surface area contributed by atoms with E-state index in [1.165, 1.54) is 4.90 Å². The number of nitrogens with one attached hydrogen (secondary N) is 3. The molecule has 1 aromatic rings. The highest BCUT2D eigenvalue weighted by atomic mass is 32.2. The van der Waals surface area contributed by atoms with Crippen molar-refractivity contribution in [2.24, 2.45) is 0 Å². The van der Waals surface area contributed by atoms with Crippen molar-refractivity contribution in [3.63, 3.8) is 0 Å². The van der Waals surface area contributed by atoms with E-state index in [9.17, 15) is 26.4 Å². The van der Waals surface area contributed by atoms with Gasteiger partial charge in [0, 0.05) is 6.04 Å². The molecule has 12 heteroatoms. The van der Waals surface area contributed by atoms with Crippen LogP contribution in [-0.2, 0) is 19.7 Å². The number of hydrogen-bond acceptors (Lipinski definition) is 6. The fourth-order valence-electron chi connectivity index (χ4n) is 3.93. The summed E-state index contributed by atoms with van der Waals surface area (Å²) in [6.45, 7) is 0. The number of rotatable bonds is 3. The molecule has 10 nitrogen and oxygen atoms in total. The Balaban J connectivity index is 1.53. The first-order chi connectivity index (χ1) is 13.1. The van der Waals surface area contributed by atoms with E-state index in [2.05, 4.69) is 16.0 Å². The number of carbonyl (C=O) groups is 2. The molecule has 3 heterocycles. The second kappa shape index (κ2) is 6.62. The van der Waals surface area contributed by atoms with E-state index in [1.54, 1.807) is 24.3 Å². The highest BCUT2D eigenvalue weighted by Crippen LogP contribution is 2.34. The molecule has 3 fully saturated rings. The average Bonchev–Trinajstić information content (AvgIpc) is 3.16. The van der Waals surface area contributed by atoms with Crippen molar-refractivity contribution < 1.29 is 26.4 Å².